The van der Waals surface area contributed by atoms with Gasteiger partial charge in [0.25, 0.3) is 11.1 Å². The van der Waals surface area contributed by atoms with Crippen LogP contribution in [0.5, 0.6) is 0 Å². The van der Waals surface area contributed by atoms with E-state index in [1.807, 2.05) is 86.0 Å². The topological polar surface area (TPSA) is 149 Å². The number of likely N-dealkylation sites (N-methyl/N-ethyl adjacent to an activating group) is 2. The standard InChI is InChI=1S/2C24H28FN3O3/c2*1-3-6-16-9-10-20-21-18(13-27(20)24(16)31)19(14-29)22(23(30)26-4-2)28(21)12-15-7-5-8-17(25)11-15/h2*3,5-11,18-19,21-22,29H,4,12-14H2,1-2H3,(H,26,30)/b6-3+;6-3-/t2*18-,19-,21+,22-/m00/s1. The minimum absolute atomic E-state index is 0.0676. The maximum absolute atomic E-state index is 13.8. The van der Waals surface area contributed by atoms with Crippen molar-refractivity contribution in [1.82, 2.24) is 29.6 Å². The number of carbonyl (C=O) groups is 2. The van der Waals surface area contributed by atoms with E-state index in [9.17, 15) is 38.2 Å². The van der Waals surface area contributed by atoms with Crippen molar-refractivity contribution in [1.29, 1.82) is 0 Å². The number of benzene rings is 2. The molecule has 0 saturated carbocycles. The molecule has 328 valence electrons. The van der Waals surface area contributed by atoms with Gasteiger partial charge < -0.3 is 30.0 Å². The average Bonchev–Trinajstić information content (AvgIpc) is 3.98. The third-order valence-corrected chi connectivity index (χ3v) is 12.9. The number of aliphatic hydroxyl groups excluding tert-OH is 2. The fourth-order valence-corrected chi connectivity index (χ4v) is 10.5. The zero-order valence-electron chi connectivity index (χ0n) is 35.6. The quantitative estimate of drug-likeness (QED) is 0.161. The Hall–Kier alpha value is -5.54. The summed E-state index contributed by atoms with van der Waals surface area (Å²) in [5.74, 6) is -1.77. The molecule has 0 spiro atoms. The van der Waals surface area contributed by atoms with Crippen LogP contribution >= 0.6 is 0 Å². The Balaban J connectivity index is 0.000000186. The Kier molecular flexibility index (Phi) is 13.8. The minimum atomic E-state index is -0.553. The molecule has 8 atom stereocenters. The number of aliphatic hydroxyl groups is 2. The Bertz CT molecular complexity index is 2300. The van der Waals surface area contributed by atoms with Crippen molar-refractivity contribution in [2.75, 3.05) is 26.3 Å². The third-order valence-electron chi connectivity index (χ3n) is 12.9. The number of nitrogens with zero attached hydrogens (tertiary/aromatic N) is 4. The minimum Gasteiger partial charge on any atom is -0.396 e. The number of nitrogens with one attached hydrogen (secondary N) is 2. The molecule has 12 nitrogen and oxygen atoms in total. The lowest BCUT2D eigenvalue weighted by Gasteiger charge is -2.30. The van der Waals surface area contributed by atoms with E-state index in [1.165, 1.54) is 24.3 Å². The summed E-state index contributed by atoms with van der Waals surface area (Å²) < 4.78 is 31.2. The van der Waals surface area contributed by atoms with E-state index in [4.69, 9.17) is 0 Å². The summed E-state index contributed by atoms with van der Waals surface area (Å²) in [5, 5.41) is 26.3. The second-order valence-electron chi connectivity index (χ2n) is 16.5. The van der Waals surface area contributed by atoms with E-state index in [2.05, 4.69) is 10.6 Å². The molecule has 0 bridgehead atoms. The third kappa shape index (κ3) is 8.36. The second kappa shape index (κ2) is 19.2. The van der Waals surface area contributed by atoms with Crippen molar-refractivity contribution < 1.29 is 28.6 Å². The second-order valence-corrected chi connectivity index (χ2v) is 16.5. The lowest BCUT2D eigenvalue weighted by Crippen LogP contribution is -2.48. The summed E-state index contributed by atoms with van der Waals surface area (Å²) in [5.41, 5.74) is 4.27. The first kappa shape index (κ1) is 44.5. The summed E-state index contributed by atoms with van der Waals surface area (Å²) in [4.78, 5) is 56.1. The number of allylic oxidation sites excluding steroid dienone is 2. The molecule has 62 heavy (non-hydrogen) atoms. The van der Waals surface area contributed by atoms with Crippen molar-refractivity contribution in [3.8, 4) is 0 Å². The number of rotatable bonds is 12. The molecule has 2 saturated heterocycles. The van der Waals surface area contributed by atoms with Crippen molar-refractivity contribution in [2.45, 2.75) is 78.0 Å². The van der Waals surface area contributed by atoms with Gasteiger partial charge in [0, 0.05) is 98.7 Å². The number of amides is 2. The van der Waals surface area contributed by atoms with Crippen molar-refractivity contribution in [3.05, 3.63) is 151 Å². The largest absolute Gasteiger partial charge is 0.396 e. The normalized spacial score (nSPS) is 25.0. The predicted molar refractivity (Wildman–Crippen MR) is 233 cm³/mol. The Morgan fingerprint density at radius 1 is 0.661 bits per heavy atom. The van der Waals surface area contributed by atoms with Crippen LogP contribution in [0.25, 0.3) is 12.2 Å². The molecule has 2 aromatic carbocycles. The van der Waals surface area contributed by atoms with Crippen LogP contribution < -0.4 is 21.8 Å². The Morgan fingerprint density at radius 3 is 1.40 bits per heavy atom. The lowest BCUT2D eigenvalue weighted by molar-refractivity contribution is -0.128. The van der Waals surface area contributed by atoms with E-state index in [-0.39, 0.29) is 83.5 Å². The Labute approximate surface area is 360 Å². The zero-order chi connectivity index (χ0) is 44.2. The van der Waals surface area contributed by atoms with Gasteiger partial charge in [0.1, 0.15) is 11.6 Å². The molecule has 0 radical (unpaired) electrons. The molecule has 2 aromatic heterocycles. The molecule has 8 rings (SSSR count). The van der Waals surface area contributed by atoms with Crippen LogP contribution in [0.4, 0.5) is 8.78 Å². The maximum atomic E-state index is 13.8. The summed E-state index contributed by atoms with van der Waals surface area (Å²) in [6, 6.07) is 18.6. The van der Waals surface area contributed by atoms with Gasteiger partial charge in [0.05, 0.1) is 24.2 Å². The van der Waals surface area contributed by atoms with Gasteiger partial charge in [-0.15, -0.1) is 0 Å². The van der Waals surface area contributed by atoms with Crippen LogP contribution in [0.2, 0.25) is 0 Å². The summed E-state index contributed by atoms with van der Waals surface area (Å²) in [6.07, 6.45) is 7.24. The van der Waals surface area contributed by atoms with Gasteiger partial charge in [-0.1, -0.05) is 48.6 Å². The summed E-state index contributed by atoms with van der Waals surface area (Å²) in [7, 11) is 0. The number of hydrogen-bond acceptors (Lipinski definition) is 8. The van der Waals surface area contributed by atoms with Crippen LogP contribution in [0.1, 0.15) is 73.4 Å². The SMILES string of the molecule is C/C=C/c1ccc2n(c1=O)C[C@H]1[C@H](CO)[C@@H](C(=O)NCC)N(Cc3cccc(F)c3)[C@@H]21.C/C=C\c1ccc2n(c1=O)C[C@H]1[C@H](CO)[C@@H](C(=O)NCC)N(Cc3cccc(F)c3)[C@@H]21. The van der Waals surface area contributed by atoms with Crippen LogP contribution in [-0.4, -0.2) is 79.3 Å². The van der Waals surface area contributed by atoms with Gasteiger partial charge in [-0.25, -0.2) is 8.78 Å². The first-order valence-electron chi connectivity index (χ1n) is 21.5. The molecule has 4 aromatic rings. The molecule has 0 aliphatic carbocycles. The van der Waals surface area contributed by atoms with Crippen molar-refractivity contribution >= 4 is 24.0 Å². The van der Waals surface area contributed by atoms with Gasteiger partial charge in [0.2, 0.25) is 11.8 Å². The van der Waals surface area contributed by atoms with Crippen molar-refractivity contribution in [2.24, 2.45) is 23.7 Å². The number of pyridine rings is 2. The van der Waals surface area contributed by atoms with Gasteiger partial charge in [0.15, 0.2) is 0 Å². The summed E-state index contributed by atoms with van der Waals surface area (Å²) in [6.45, 7) is 9.70. The lowest BCUT2D eigenvalue weighted by atomic mass is 9.88. The highest BCUT2D eigenvalue weighted by atomic mass is 19.1. The highest BCUT2D eigenvalue weighted by Crippen LogP contribution is 2.51. The fraction of sp³-hybridized carbons (Fsp3) is 0.417. The molecular weight excluding hydrogens is 795 g/mol. The molecular formula is C48H56F2N6O6. The van der Waals surface area contributed by atoms with E-state index < -0.39 is 12.1 Å². The fourth-order valence-electron chi connectivity index (χ4n) is 10.5. The van der Waals surface area contributed by atoms with Gasteiger partial charge in [-0.2, -0.15) is 0 Å². The van der Waals surface area contributed by atoms with Crippen LogP contribution in [0.15, 0.2) is 94.5 Å². The zero-order valence-corrected chi connectivity index (χ0v) is 35.6. The molecule has 14 heteroatoms. The average molecular weight is 851 g/mol. The maximum Gasteiger partial charge on any atom is 0.258 e. The van der Waals surface area contributed by atoms with Crippen LogP contribution in [-0.2, 0) is 35.8 Å². The van der Waals surface area contributed by atoms with Gasteiger partial charge in [-0.3, -0.25) is 29.0 Å². The smallest absolute Gasteiger partial charge is 0.258 e. The number of aromatic nitrogens is 2. The van der Waals surface area contributed by atoms with E-state index in [1.54, 1.807) is 33.4 Å². The summed E-state index contributed by atoms with van der Waals surface area (Å²) >= 11 is 0. The van der Waals surface area contributed by atoms with E-state index in [0.29, 0.717) is 50.4 Å². The predicted octanol–water partition coefficient (Wildman–Crippen LogP) is 4.64. The van der Waals surface area contributed by atoms with Gasteiger partial charge >= 0.3 is 0 Å². The van der Waals surface area contributed by atoms with E-state index in [0.717, 1.165) is 22.5 Å². The highest BCUT2D eigenvalue weighted by molar-refractivity contribution is 5.83. The van der Waals surface area contributed by atoms with Crippen molar-refractivity contribution in [3.63, 3.8) is 0 Å². The molecule has 6 heterocycles. The number of hydrogen-bond donors (Lipinski definition) is 4. The number of fused-ring (bicyclic) bond motifs is 6. The first-order chi connectivity index (χ1) is 30.0. The van der Waals surface area contributed by atoms with Crippen LogP contribution in [0, 0.1) is 35.3 Å². The molecule has 4 N–H and O–H groups in total. The molecule has 2 fully saturated rings. The van der Waals surface area contributed by atoms with Crippen LogP contribution in [0.3, 0.4) is 0 Å². The number of carbonyl (C=O) groups excluding carboxylic acids is 2. The molecule has 0 unspecified atom stereocenters. The molecule has 2 amide bonds. The van der Waals surface area contributed by atoms with Gasteiger partial charge in [-0.05, 0) is 87.4 Å². The highest BCUT2D eigenvalue weighted by Gasteiger charge is 2.56. The monoisotopic (exact) mass is 850 g/mol. The Morgan fingerprint density at radius 2 is 1.06 bits per heavy atom. The first-order valence-corrected chi connectivity index (χ1v) is 21.5. The number of halogens is 2. The van der Waals surface area contributed by atoms with E-state index >= 15 is 0 Å². The molecule has 4 aliphatic heterocycles. The molecule has 4 aliphatic rings. The number of likely N-dealkylation sites (tertiary alicyclic amines) is 2.